The molecular weight excluding hydrogens is 142 g/mol. The molecule has 1 N–H and O–H groups in total. The van der Waals surface area contributed by atoms with E-state index in [0.717, 1.165) is 0 Å². The standard InChI is InChI=1S/BrH.2Na.H2O/h1H;;;1H2/q;2*+1;/p-2. The molecule has 0 amide bonds. The molecule has 0 aliphatic heterocycles. The van der Waals surface area contributed by atoms with Crippen molar-refractivity contribution in [2.24, 2.45) is 0 Å². The first kappa shape index (κ1) is 32.0. The van der Waals surface area contributed by atoms with E-state index in [-0.39, 0.29) is 81.6 Å². The second-order valence-electron chi connectivity index (χ2n) is 0. The number of halogens is 1. The van der Waals surface area contributed by atoms with Crippen LogP contribution in [0.1, 0.15) is 0 Å². The summed E-state index contributed by atoms with van der Waals surface area (Å²) in [6, 6.07) is 0. The molecule has 1 nitrogen and oxygen atoms in total. The fraction of sp³-hybridized carbons (Fsp3) is 0. The number of hydrogen-bond donors (Lipinski definition) is 0. The molecule has 0 rings (SSSR count). The third-order valence-corrected chi connectivity index (χ3v) is 0. The molecule has 0 saturated carbocycles. The van der Waals surface area contributed by atoms with Gasteiger partial charge in [-0.05, 0) is 0 Å². The van der Waals surface area contributed by atoms with Gasteiger partial charge in [-0.15, -0.1) is 0 Å². The van der Waals surface area contributed by atoms with E-state index < -0.39 is 0 Å². The van der Waals surface area contributed by atoms with Gasteiger partial charge in [0, 0.05) is 0 Å². The molecule has 0 aromatic rings. The van der Waals surface area contributed by atoms with Crippen LogP contribution in [0.25, 0.3) is 0 Å². The fourth-order valence-corrected chi connectivity index (χ4v) is 0. The quantitative estimate of drug-likeness (QED) is 0.309. The van der Waals surface area contributed by atoms with E-state index in [4.69, 9.17) is 0 Å². The molecule has 0 heterocycles. The van der Waals surface area contributed by atoms with E-state index in [1.54, 1.807) is 0 Å². The van der Waals surface area contributed by atoms with Crippen molar-refractivity contribution >= 4 is 0 Å². The minimum Gasteiger partial charge on any atom is -1.00 e. The van der Waals surface area contributed by atoms with Crippen LogP contribution in [0.4, 0.5) is 0 Å². The van der Waals surface area contributed by atoms with Gasteiger partial charge in [-0.25, -0.2) is 0 Å². The van der Waals surface area contributed by atoms with Crippen molar-refractivity contribution in [2.45, 2.75) is 0 Å². The SMILES string of the molecule is [Br-].[Na+].[Na+].[OH-]. The Balaban J connectivity index is 0. The van der Waals surface area contributed by atoms with E-state index in [2.05, 4.69) is 0 Å². The summed E-state index contributed by atoms with van der Waals surface area (Å²) in [5.41, 5.74) is 0. The van der Waals surface area contributed by atoms with Gasteiger partial charge >= 0.3 is 59.1 Å². The van der Waals surface area contributed by atoms with Crippen LogP contribution in [0.3, 0.4) is 0 Å². The van der Waals surface area contributed by atoms with Crippen molar-refractivity contribution in [3.63, 3.8) is 0 Å². The van der Waals surface area contributed by atoms with Gasteiger partial charge in [-0.2, -0.15) is 0 Å². The maximum atomic E-state index is 0. The fourth-order valence-electron chi connectivity index (χ4n) is 0. The molecule has 0 aliphatic carbocycles. The molecule has 0 radical (unpaired) electrons. The Bertz CT molecular complexity index is 6.00. The van der Waals surface area contributed by atoms with Gasteiger partial charge in [0.15, 0.2) is 0 Å². The first-order valence-corrected chi connectivity index (χ1v) is 0. The molecule has 0 aromatic carbocycles. The van der Waals surface area contributed by atoms with Crippen LogP contribution in [0, 0.1) is 0 Å². The Morgan fingerprint density at radius 3 is 0.750 bits per heavy atom. The van der Waals surface area contributed by atoms with Gasteiger partial charge in [0.25, 0.3) is 0 Å². The largest absolute Gasteiger partial charge is 1.00 e. The molecule has 0 fully saturated rings. The minimum absolute atomic E-state index is 0. The van der Waals surface area contributed by atoms with Crippen molar-refractivity contribution < 1.29 is 81.6 Å². The topological polar surface area (TPSA) is 30.0 Å². The molecule has 0 atom stereocenters. The van der Waals surface area contributed by atoms with Crippen molar-refractivity contribution in [1.82, 2.24) is 0 Å². The molecule has 4 heavy (non-hydrogen) atoms. The zero-order valence-corrected chi connectivity index (χ0v) is 8.41. The van der Waals surface area contributed by atoms with Crippen LogP contribution in [0.2, 0.25) is 0 Å². The second kappa shape index (κ2) is 18.0. The first-order chi connectivity index (χ1) is 0. The van der Waals surface area contributed by atoms with Gasteiger partial charge in [0.05, 0.1) is 0 Å². The zero-order chi connectivity index (χ0) is 0. The van der Waals surface area contributed by atoms with Crippen molar-refractivity contribution in [3.05, 3.63) is 0 Å². The molecular formula is HBrNa2O. The number of rotatable bonds is 0. The smallest absolute Gasteiger partial charge is 1.00 e. The van der Waals surface area contributed by atoms with E-state index in [1.807, 2.05) is 0 Å². The Morgan fingerprint density at radius 1 is 0.750 bits per heavy atom. The molecule has 0 aliphatic rings. The van der Waals surface area contributed by atoms with Gasteiger partial charge in [-0.3, -0.25) is 0 Å². The molecule has 0 spiro atoms. The predicted octanol–water partition coefficient (Wildman–Crippen LogP) is -9.16. The van der Waals surface area contributed by atoms with Gasteiger partial charge in [0.1, 0.15) is 0 Å². The van der Waals surface area contributed by atoms with Gasteiger partial charge < -0.3 is 22.5 Å². The van der Waals surface area contributed by atoms with Crippen molar-refractivity contribution in [3.8, 4) is 0 Å². The summed E-state index contributed by atoms with van der Waals surface area (Å²) in [4.78, 5) is 0. The predicted molar refractivity (Wildman–Crippen MR) is 1.94 cm³/mol. The summed E-state index contributed by atoms with van der Waals surface area (Å²) in [5.74, 6) is 0. The maximum Gasteiger partial charge on any atom is 1.00 e. The molecule has 0 unspecified atom stereocenters. The zero-order valence-electron chi connectivity index (χ0n) is 2.83. The molecule has 16 valence electrons. The second-order valence-corrected chi connectivity index (χ2v) is 0. The average Bonchev–Trinajstić information content (AvgIpc) is 0. The van der Waals surface area contributed by atoms with Crippen LogP contribution in [-0.4, -0.2) is 5.48 Å². The molecule has 0 aromatic heterocycles. The Hall–Kier alpha value is 2.44. The summed E-state index contributed by atoms with van der Waals surface area (Å²) in [6.45, 7) is 0. The molecule has 0 saturated heterocycles. The van der Waals surface area contributed by atoms with Crippen LogP contribution in [0.15, 0.2) is 0 Å². The van der Waals surface area contributed by atoms with E-state index >= 15 is 0 Å². The van der Waals surface area contributed by atoms with Crippen LogP contribution < -0.4 is 76.1 Å². The van der Waals surface area contributed by atoms with E-state index in [0.29, 0.717) is 0 Å². The average molecular weight is 143 g/mol. The van der Waals surface area contributed by atoms with Crippen molar-refractivity contribution in [2.75, 3.05) is 0 Å². The third-order valence-electron chi connectivity index (χ3n) is 0. The normalized spacial score (nSPS) is 0. The van der Waals surface area contributed by atoms with Gasteiger partial charge in [-0.1, -0.05) is 0 Å². The first-order valence-electron chi connectivity index (χ1n) is 0. The summed E-state index contributed by atoms with van der Waals surface area (Å²) in [5, 5.41) is 0. The summed E-state index contributed by atoms with van der Waals surface area (Å²) >= 11 is 0. The maximum absolute atomic E-state index is 0. The summed E-state index contributed by atoms with van der Waals surface area (Å²) in [6.07, 6.45) is 0. The monoisotopic (exact) mass is 142 g/mol. The Morgan fingerprint density at radius 2 is 0.750 bits per heavy atom. The van der Waals surface area contributed by atoms with E-state index in [9.17, 15) is 0 Å². The Labute approximate surface area is 80.2 Å². The number of hydrogen-bond acceptors (Lipinski definition) is 1. The summed E-state index contributed by atoms with van der Waals surface area (Å²) in [7, 11) is 0. The molecule has 0 bridgehead atoms. The Kier molecular flexibility index (Phi) is 144. The van der Waals surface area contributed by atoms with Crippen LogP contribution in [-0.2, 0) is 0 Å². The van der Waals surface area contributed by atoms with Crippen LogP contribution >= 0.6 is 0 Å². The van der Waals surface area contributed by atoms with E-state index in [1.165, 1.54) is 0 Å². The minimum atomic E-state index is 0. The van der Waals surface area contributed by atoms with Crippen LogP contribution in [0.5, 0.6) is 0 Å². The molecule has 4 heteroatoms. The van der Waals surface area contributed by atoms with Crippen molar-refractivity contribution in [1.29, 1.82) is 0 Å². The summed E-state index contributed by atoms with van der Waals surface area (Å²) < 4.78 is 0. The third kappa shape index (κ3) is 8.83. The van der Waals surface area contributed by atoms with Gasteiger partial charge in [0.2, 0.25) is 0 Å².